The number of esters is 1. The lowest BCUT2D eigenvalue weighted by Crippen LogP contribution is -2.36. The number of ether oxygens (including phenoxy) is 2. The smallest absolute Gasteiger partial charge is 0.341 e. The average Bonchev–Trinajstić information content (AvgIpc) is 2.79. The van der Waals surface area contributed by atoms with Gasteiger partial charge < -0.3 is 19.2 Å². The van der Waals surface area contributed by atoms with E-state index in [1.807, 2.05) is 0 Å². The molecule has 0 aromatic carbocycles. The third kappa shape index (κ3) is 3.61. The molecule has 0 saturated carbocycles. The Bertz CT molecular complexity index is 460. The summed E-state index contributed by atoms with van der Waals surface area (Å²) in [6.07, 6.45) is 2.15. The fourth-order valence-electron chi connectivity index (χ4n) is 2.47. The van der Waals surface area contributed by atoms with Gasteiger partial charge in [-0.1, -0.05) is 6.92 Å². The Morgan fingerprint density at radius 3 is 2.80 bits per heavy atom. The van der Waals surface area contributed by atoms with Crippen molar-refractivity contribution in [2.75, 3.05) is 26.9 Å². The van der Waals surface area contributed by atoms with Gasteiger partial charge in [0.15, 0.2) is 0 Å². The van der Waals surface area contributed by atoms with Crippen LogP contribution >= 0.6 is 0 Å². The van der Waals surface area contributed by atoms with E-state index in [2.05, 4.69) is 12.2 Å². The number of hydrogen-bond donors (Lipinski definition) is 1. The summed E-state index contributed by atoms with van der Waals surface area (Å²) in [5, 5.41) is 3.41. The first-order valence-corrected chi connectivity index (χ1v) is 7.00. The van der Waals surface area contributed by atoms with Crippen molar-refractivity contribution < 1.29 is 18.7 Å². The molecule has 5 nitrogen and oxygen atoms in total. The summed E-state index contributed by atoms with van der Waals surface area (Å²) >= 11 is 0. The minimum absolute atomic E-state index is 0.283. The first-order chi connectivity index (χ1) is 9.54. The van der Waals surface area contributed by atoms with Crippen LogP contribution in [0.2, 0.25) is 0 Å². The third-order valence-electron chi connectivity index (χ3n) is 3.93. The largest absolute Gasteiger partial charge is 0.465 e. The molecule has 0 aliphatic carbocycles. The number of methoxy groups -OCH3 is 1. The second-order valence-corrected chi connectivity index (χ2v) is 5.70. The molecule has 1 fully saturated rings. The fraction of sp³-hybridized carbons (Fsp3) is 0.667. The summed E-state index contributed by atoms with van der Waals surface area (Å²) in [7, 11) is 1.37. The SMILES string of the molecule is COC(=O)c1cc(CNCC2(C)CCOCC2)oc1C. The Hall–Kier alpha value is -1.33. The van der Waals surface area contributed by atoms with Crippen LogP contribution in [0.5, 0.6) is 0 Å². The molecule has 1 saturated heterocycles. The zero-order chi connectivity index (χ0) is 14.6. The summed E-state index contributed by atoms with van der Waals surface area (Å²) in [4.78, 5) is 11.5. The maximum atomic E-state index is 11.5. The van der Waals surface area contributed by atoms with Crippen molar-refractivity contribution in [2.24, 2.45) is 5.41 Å². The lowest BCUT2D eigenvalue weighted by atomic mass is 9.82. The van der Waals surface area contributed by atoms with Crippen molar-refractivity contribution in [3.05, 3.63) is 23.2 Å². The maximum absolute atomic E-state index is 11.5. The molecule has 1 N–H and O–H groups in total. The molecule has 2 rings (SSSR count). The van der Waals surface area contributed by atoms with Crippen molar-refractivity contribution in [1.29, 1.82) is 0 Å². The Kier molecular flexibility index (Phi) is 4.83. The molecule has 0 bridgehead atoms. The highest BCUT2D eigenvalue weighted by Gasteiger charge is 2.26. The topological polar surface area (TPSA) is 60.7 Å². The van der Waals surface area contributed by atoms with Gasteiger partial charge >= 0.3 is 5.97 Å². The van der Waals surface area contributed by atoms with Crippen molar-refractivity contribution >= 4 is 5.97 Å². The van der Waals surface area contributed by atoms with Gasteiger partial charge in [0.05, 0.1) is 13.7 Å². The highest BCUT2D eigenvalue weighted by molar-refractivity contribution is 5.90. The zero-order valence-electron chi connectivity index (χ0n) is 12.5. The second-order valence-electron chi connectivity index (χ2n) is 5.70. The van der Waals surface area contributed by atoms with E-state index in [1.165, 1.54) is 7.11 Å². The van der Waals surface area contributed by atoms with Crippen LogP contribution in [0.15, 0.2) is 10.5 Å². The number of aryl methyl sites for hydroxylation is 1. The average molecular weight is 281 g/mol. The molecule has 5 heteroatoms. The van der Waals surface area contributed by atoms with Gasteiger partial charge in [-0.15, -0.1) is 0 Å². The molecule has 0 atom stereocenters. The number of carbonyl (C=O) groups is 1. The van der Waals surface area contributed by atoms with E-state index in [9.17, 15) is 4.79 Å². The summed E-state index contributed by atoms with van der Waals surface area (Å²) in [5.41, 5.74) is 0.784. The molecular weight excluding hydrogens is 258 g/mol. The molecule has 1 aliphatic rings. The molecule has 0 unspecified atom stereocenters. The van der Waals surface area contributed by atoms with E-state index in [-0.39, 0.29) is 11.4 Å². The molecule has 1 aliphatic heterocycles. The van der Waals surface area contributed by atoms with Crippen LogP contribution in [0, 0.1) is 12.3 Å². The van der Waals surface area contributed by atoms with Gasteiger partial charge in [-0.2, -0.15) is 0 Å². The zero-order valence-corrected chi connectivity index (χ0v) is 12.5. The minimum atomic E-state index is -0.353. The molecule has 0 amide bonds. The number of carbonyl (C=O) groups excluding carboxylic acids is 1. The molecule has 0 radical (unpaired) electrons. The van der Waals surface area contributed by atoms with Crippen LogP contribution < -0.4 is 5.32 Å². The maximum Gasteiger partial charge on any atom is 0.341 e. The third-order valence-corrected chi connectivity index (χ3v) is 3.93. The van der Waals surface area contributed by atoms with E-state index < -0.39 is 0 Å². The summed E-state index contributed by atoms with van der Waals surface area (Å²) in [6, 6.07) is 1.75. The van der Waals surface area contributed by atoms with Crippen LogP contribution in [0.4, 0.5) is 0 Å². The van der Waals surface area contributed by atoms with Crippen LogP contribution in [0.25, 0.3) is 0 Å². The van der Waals surface area contributed by atoms with E-state index in [0.29, 0.717) is 17.9 Å². The molecule has 2 heterocycles. The summed E-state index contributed by atoms with van der Waals surface area (Å²) in [5.74, 6) is 1.01. The van der Waals surface area contributed by atoms with Gasteiger partial charge in [-0.05, 0) is 31.2 Å². The van der Waals surface area contributed by atoms with E-state index in [1.54, 1.807) is 13.0 Å². The molecule has 112 valence electrons. The Morgan fingerprint density at radius 1 is 1.45 bits per heavy atom. The number of hydrogen-bond acceptors (Lipinski definition) is 5. The van der Waals surface area contributed by atoms with Gasteiger partial charge in [0.25, 0.3) is 0 Å². The first kappa shape index (κ1) is 15.1. The summed E-state index contributed by atoms with van der Waals surface area (Å²) < 4.78 is 15.7. The normalized spacial score (nSPS) is 17.9. The standard InChI is InChI=1S/C15H23NO4/c1-11-13(14(17)18-3)8-12(20-11)9-16-10-15(2)4-6-19-7-5-15/h8,16H,4-7,9-10H2,1-3H3. The molecule has 1 aromatic heterocycles. The van der Waals surface area contributed by atoms with Crippen LogP contribution in [-0.4, -0.2) is 32.8 Å². The highest BCUT2D eigenvalue weighted by Crippen LogP contribution is 2.28. The van der Waals surface area contributed by atoms with Crippen molar-refractivity contribution in [3.8, 4) is 0 Å². The molecule has 1 aromatic rings. The van der Waals surface area contributed by atoms with Crippen LogP contribution in [-0.2, 0) is 16.0 Å². The Balaban J connectivity index is 1.86. The van der Waals surface area contributed by atoms with Crippen molar-refractivity contribution in [3.63, 3.8) is 0 Å². The predicted molar refractivity (Wildman–Crippen MR) is 74.7 cm³/mol. The number of nitrogens with one attached hydrogen (secondary N) is 1. The van der Waals surface area contributed by atoms with Crippen molar-refractivity contribution in [1.82, 2.24) is 5.32 Å². The molecule has 0 spiro atoms. The van der Waals surface area contributed by atoms with Gasteiger partial charge in [0.1, 0.15) is 17.1 Å². The summed E-state index contributed by atoms with van der Waals surface area (Å²) in [6.45, 7) is 7.26. The van der Waals surface area contributed by atoms with Crippen LogP contribution in [0.1, 0.15) is 41.6 Å². The quantitative estimate of drug-likeness (QED) is 0.839. The minimum Gasteiger partial charge on any atom is -0.465 e. The van der Waals surface area contributed by atoms with Gasteiger partial charge in [-0.25, -0.2) is 4.79 Å². The van der Waals surface area contributed by atoms with E-state index >= 15 is 0 Å². The van der Waals surface area contributed by atoms with E-state index in [0.717, 1.165) is 38.4 Å². The lowest BCUT2D eigenvalue weighted by molar-refractivity contribution is 0.0238. The van der Waals surface area contributed by atoms with Crippen molar-refractivity contribution in [2.45, 2.75) is 33.2 Å². The van der Waals surface area contributed by atoms with Gasteiger partial charge in [0.2, 0.25) is 0 Å². The Morgan fingerprint density at radius 2 is 2.15 bits per heavy atom. The second kappa shape index (κ2) is 6.41. The Labute approximate surface area is 119 Å². The predicted octanol–water partition coefficient (Wildman–Crippen LogP) is 2.28. The van der Waals surface area contributed by atoms with Crippen LogP contribution in [0.3, 0.4) is 0 Å². The van der Waals surface area contributed by atoms with Gasteiger partial charge in [-0.3, -0.25) is 0 Å². The highest BCUT2D eigenvalue weighted by atomic mass is 16.5. The van der Waals surface area contributed by atoms with Gasteiger partial charge in [0, 0.05) is 19.8 Å². The molecular formula is C15H23NO4. The first-order valence-electron chi connectivity index (χ1n) is 7.00. The fourth-order valence-corrected chi connectivity index (χ4v) is 2.47. The van der Waals surface area contributed by atoms with E-state index in [4.69, 9.17) is 13.9 Å². The molecule has 20 heavy (non-hydrogen) atoms. The lowest BCUT2D eigenvalue weighted by Gasteiger charge is -2.33. The monoisotopic (exact) mass is 281 g/mol. The number of rotatable bonds is 5. The number of furan rings is 1.